The predicted molar refractivity (Wildman–Crippen MR) is 158 cm³/mol. The van der Waals surface area contributed by atoms with Gasteiger partial charge in [0.1, 0.15) is 0 Å². The Balaban J connectivity index is 1.87. The van der Waals surface area contributed by atoms with E-state index in [1.54, 1.807) is 5.57 Å². The Morgan fingerprint density at radius 2 is 1.86 bits per heavy atom. The number of hydrogen-bond donors (Lipinski definition) is 0. The minimum absolute atomic E-state index is 0.640. The Labute approximate surface area is 217 Å². The lowest BCUT2D eigenvalue weighted by atomic mass is 9.84. The van der Waals surface area contributed by atoms with Crippen molar-refractivity contribution in [2.75, 3.05) is 0 Å². The topological polar surface area (TPSA) is 0 Å². The zero-order chi connectivity index (χ0) is 25.5. The Bertz CT molecular complexity index is 879. The van der Waals surface area contributed by atoms with Crippen LogP contribution in [-0.2, 0) is 0 Å². The van der Waals surface area contributed by atoms with E-state index >= 15 is 0 Å². The number of fused-ring (bicyclic) bond motifs is 1. The van der Waals surface area contributed by atoms with Gasteiger partial charge in [0, 0.05) is 0 Å². The van der Waals surface area contributed by atoms with Crippen LogP contribution >= 0.6 is 0 Å². The Kier molecular flexibility index (Phi) is 13.5. The molecule has 35 heavy (non-hydrogen) atoms. The van der Waals surface area contributed by atoms with E-state index in [1.165, 1.54) is 36.0 Å². The summed E-state index contributed by atoms with van der Waals surface area (Å²) in [6.07, 6.45) is 37.8. The largest absolute Gasteiger partial charge is 0.0991 e. The van der Waals surface area contributed by atoms with Gasteiger partial charge in [-0.3, -0.25) is 0 Å². The molecule has 4 atom stereocenters. The summed E-state index contributed by atoms with van der Waals surface area (Å²) < 4.78 is 0. The van der Waals surface area contributed by atoms with Crippen molar-refractivity contribution < 1.29 is 0 Å². The normalized spacial score (nSPS) is 26.7. The van der Waals surface area contributed by atoms with E-state index in [4.69, 9.17) is 0 Å². The van der Waals surface area contributed by atoms with E-state index < -0.39 is 0 Å². The molecule has 0 saturated heterocycles. The lowest BCUT2D eigenvalue weighted by Crippen LogP contribution is -2.09. The van der Waals surface area contributed by atoms with Gasteiger partial charge in [0.2, 0.25) is 0 Å². The van der Waals surface area contributed by atoms with E-state index in [9.17, 15) is 0 Å². The highest BCUT2D eigenvalue weighted by Crippen LogP contribution is 2.40. The van der Waals surface area contributed by atoms with Crippen molar-refractivity contribution >= 4 is 0 Å². The summed E-state index contributed by atoms with van der Waals surface area (Å²) in [7, 11) is 0. The van der Waals surface area contributed by atoms with Crippen LogP contribution in [0.4, 0.5) is 0 Å². The van der Waals surface area contributed by atoms with Crippen LogP contribution in [-0.4, -0.2) is 0 Å². The third-order valence-corrected chi connectivity index (χ3v) is 7.48. The maximum atomic E-state index is 3.97. The lowest BCUT2D eigenvalue weighted by Gasteiger charge is -2.20. The number of rotatable bonds is 12. The minimum Gasteiger partial charge on any atom is -0.0991 e. The van der Waals surface area contributed by atoms with Crippen LogP contribution in [0.2, 0.25) is 0 Å². The highest BCUT2D eigenvalue weighted by Gasteiger charge is 2.28. The highest BCUT2D eigenvalue weighted by molar-refractivity contribution is 5.42. The van der Waals surface area contributed by atoms with E-state index in [1.807, 2.05) is 18.2 Å². The van der Waals surface area contributed by atoms with Gasteiger partial charge in [0.05, 0.1) is 0 Å². The molecule has 2 rings (SSSR count). The fourth-order valence-corrected chi connectivity index (χ4v) is 5.26. The molecule has 0 saturated carbocycles. The van der Waals surface area contributed by atoms with Crippen molar-refractivity contribution in [2.45, 2.75) is 85.5 Å². The van der Waals surface area contributed by atoms with E-state index in [0.717, 1.165) is 38.5 Å². The molecule has 0 amide bonds. The quantitative estimate of drug-likeness (QED) is 0.196. The van der Waals surface area contributed by atoms with Crippen LogP contribution in [0.3, 0.4) is 0 Å². The van der Waals surface area contributed by atoms with Gasteiger partial charge in [-0.15, -0.1) is 0 Å². The first-order chi connectivity index (χ1) is 17.0. The zero-order valence-corrected chi connectivity index (χ0v) is 23.0. The molecule has 0 aromatic rings. The molecule has 0 bridgehead atoms. The Morgan fingerprint density at radius 3 is 2.57 bits per heavy atom. The summed E-state index contributed by atoms with van der Waals surface area (Å²) in [5.41, 5.74) is 5.86. The molecule has 2 aliphatic rings. The van der Waals surface area contributed by atoms with Crippen LogP contribution < -0.4 is 0 Å². The first-order valence-electron chi connectivity index (χ1n) is 14.0. The molecule has 0 heterocycles. The molecule has 0 heteroatoms. The van der Waals surface area contributed by atoms with E-state index in [-0.39, 0.29) is 0 Å². The van der Waals surface area contributed by atoms with Crippen LogP contribution in [0.25, 0.3) is 0 Å². The second kappa shape index (κ2) is 16.4. The fourth-order valence-electron chi connectivity index (χ4n) is 5.26. The van der Waals surface area contributed by atoms with Gasteiger partial charge in [-0.05, 0) is 91.8 Å². The SMILES string of the molecule is C=C/C=C\C(=C\CC)CC(C)C/C=C/CC(C)C/C=C1C=C2/C=C\C=C(\C=C)CCCCC2C/1C. The molecule has 0 aliphatic heterocycles. The molecule has 0 N–H and O–H groups in total. The van der Waals surface area contributed by atoms with Gasteiger partial charge < -0.3 is 0 Å². The number of allylic oxidation sites excluding steroid dienone is 16. The average Bonchev–Trinajstić information content (AvgIpc) is 3.15. The summed E-state index contributed by atoms with van der Waals surface area (Å²) in [4.78, 5) is 0. The van der Waals surface area contributed by atoms with Gasteiger partial charge in [0.15, 0.2) is 0 Å². The molecule has 2 aliphatic carbocycles. The first kappa shape index (κ1) is 28.9. The monoisotopic (exact) mass is 470 g/mol. The number of hydrogen-bond acceptors (Lipinski definition) is 0. The van der Waals surface area contributed by atoms with Crippen molar-refractivity contribution in [1.29, 1.82) is 0 Å². The summed E-state index contributed by atoms with van der Waals surface area (Å²) in [5, 5.41) is 0. The van der Waals surface area contributed by atoms with Crippen LogP contribution in [0, 0.1) is 23.7 Å². The van der Waals surface area contributed by atoms with Crippen LogP contribution in [0.5, 0.6) is 0 Å². The van der Waals surface area contributed by atoms with Gasteiger partial charge >= 0.3 is 0 Å². The molecule has 4 unspecified atom stereocenters. The van der Waals surface area contributed by atoms with Gasteiger partial charge in [-0.1, -0.05) is 126 Å². The average molecular weight is 471 g/mol. The van der Waals surface area contributed by atoms with Gasteiger partial charge in [-0.25, -0.2) is 0 Å². The standard InChI is InChI=1S/C35H50/c1-7-10-19-32(16-8-2)26-29(5)18-12-11-17-28(4)24-25-33-27-34-22-15-21-31(9-3)20-13-14-23-35(34)30(33)6/h7,9-12,15-16,19,21-22,25,27-30,35H,1,3,8,13-14,17-18,20,23-24,26H2,2,4-6H3/b12-11+,19-10-,22-15-,31-21-,32-16-,33-25-. The molecule has 0 aromatic heterocycles. The van der Waals surface area contributed by atoms with Crippen molar-refractivity contribution in [3.63, 3.8) is 0 Å². The Morgan fingerprint density at radius 1 is 1.09 bits per heavy atom. The fraction of sp³-hybridized carbons (Fsp3) is 0.486. The van der Waals surface area contributed by atoms with Crippen molar-refractivity contribution in [3.05, 3.63) is 108 Å². The molecule has 0 fully saturated rings. The predicted octanol–water partition coefficient (Wildman–Crippen LogP) is 10.8. The molecule has 0 radical (unpaired) electrons. The van der Waals surface area contributed by atoms with E-state index in [0.29, 0.717) is 23.7 Å². The summed E-state index contributed by atoms with van der Waals surface area (Å²) >= 11 is 0. The maximum absolute atomic E-state index is 3.97. The molecule has 0 nitrogen and oxygen atoms in total. The smallest absolute Gasteiger partial charge is 0.00958 e. The first-order valence-corrected chi connectivity index (χ1v) is 14.0. The second-order valence-corrected chi connectivity index (χ2v) is 10.7. The van der Waals surface area contributed by atoms with Gasteiger partial charge in [0.25, 0.3) is 0 Å². The molecular weight excluding hydrogens is 420 g/mol. The summed E-state index contributed by atoms with van der Waals surface area (Å²) in [6, 6.07) is 0. The van der Waals surface area contributed by atoms with E-state index in [2.05, 4.69) is 95.5 Å². The van der Waals surface area contributed by atoms with Crippen LogP contribution in [0.1, 0.15) is 85.5 Å². The zero-order valence-electron chi connectivity index (χ0n) is 23.0. The molecule has 0 spiro atoms. The summed E-state index contributed by atoms with van der Waals surface area (Å²) in [5.74, 6) is 2.66. The second-order valence-electron chi connectivity index (χ2n) is 10.7. The third kappa shape index (κ3) is 10.4. The summed E-state index contributed by atoms with van der Waals surface area (Å²) in [6.45, 7) is 17.1. The van der Waals surface area contributed by atoms with Crippen molar-refractivity contribution in [3.8, 4) is 0 Å². The van der Waals surface area contributed by atoms with Crippen LogP contribution in [0.15, 0.2) is 108 Å². The van der Waals surface area contributed by atoms with Gasteiger partial charge in [-0.2, -0.15) is 0 Å². The minimum atomic E-state index is 0.640. The molecule has 0 aromatic carbocycles. The third-order valence-electron chi connectivity index (χ3n) is 7.48. The van der Waals surface area contributed by atoms with Crippen molar-refractivity contribution in [1.82, 2.24) is 0 Å². The molecule has 190 valence electrons. The highest BCUT2D eigenvalue weighted by atomic mass is 14.3. The van der Waals surface area contributed by atoms with Crippen molar-refractivity contribution in [2.24, 2.45) is 23.7 Å². The lowest BCUT2D eigenvalue weighted by molar-refractivity contribution is 0.444. The Hall–Kier alpha value is -2.34. The molecular formula is C35H50. The maximum Gasteiger partial charge on any atom is -0.00958 e.